The Labute approximate surface area is 140 Å². The van der Waals surface area contributed by atoms with Gasteiger partial charge >= 0.3 is 0 Å². The molecule has 1 aromatic heterocycles. The highest BCUT2D eigenvalue weighted by atomic mass is 16.5. The molecule has 2 N–H and O–H groups in total. The summed E-state index contributed by atoms with van der Waals surface area (Å²) in [6.45, 7) is 2.73. The van der Waals surface area contributed by atoms with E-state index in [1.807, 2.05) is 17.0 Å². The lowest BCUT2D eigenvalue weighted by atomic mass is 9.98. The van der Waals surface area contributed by atoms with Gasteiger partial charge in [-0.25, -0.2) is 4.98 Å². The fourth-order valence-corrected chi connectivity index (χ4v) is 3.39. The van der Waals surface area contributed by atoms with Crippen LogP contribution in [0.2, 0.25) is 0 Å². The summed E-state index contributed by atoms with van der Waals surface area (Å²) in [5, 5.41) is 0. The van der Waals surface area contributed by atoms with Gasteiger partial charge in [-0.2, -0.15) is 0 Å². The molecule has 1 fully saturated rings. The van der Waals surface area contributed by atoms with Crippen LogP contribution in [0.25, 0.3) is 0 Å². The minimum absolute atomic E-state index is 0.00581. The first-order valence-corrected chi connectivity index (χ1v) is 8.41. The Bertz CT molecular complexity index is 767. The minimum Gasteiger partial charge on any atom is -0.493 e. The number of carbonyl (C=O) groups is 1. The van der Waals surface area contributed by atoms with Gasteiger partial charge in [-0.05, 0) is 38.7 Å². The fraction of sp³-hybridized carbons (Fsp3) is 0.444. The summed E-state index contributed by atoms with van der Waals surface area (Å²) in [6, 6.07) is 6.44. The highest BCUT2D eigenvalue weighted by Gasteiger charge is 2.40. The van der Waals surface area contributed by atoms with E-state index in [-0.39, 0.29) is 29.8 Å². The zero-order chi connectivity index (χ0) is 16.7. The summed E-state index contributed by atoms with van der Waals surface area (Å²) in [6.07, 6.45) is 5.24. The maximum absolute atomic E-state index is 13.0. The van der Waals surface area contributed by atoms with Crippen molar-refractivity contribution < 1.29 is 13.9 Å². The van der Waals surface area contributed by atoms with Crippen LogP contribution < -0.4 is 10.5 Å². The van der Waals surface area contributed by atoms with Gasteiger partial charge in [-0.3, -0.25) is 4.79 Å². The first-order valence-electron chi connectivity index (χ1n) is 8.41. The van der Waals surface area contributed by atoms with Gasteiger partial charge in [0.05, 0.1) is 18.8 Å². The molecule has 2 aliphatic rings. The number of nitrogen functional groups attached to an aromatic ring is 1. The topological polar surface area (TPSA) is 81.6 Å². The highest BCUT2D eigenvalue weighted by Crippen LogP contribution is 2.42. The lowest BCUT2D eigenvalue weighted by Crippen LogP contribution is -2.36. The number of amides is 1. The molecule has 0 bridgehead atoms. The van der Waals surface area contributed by atoms with Gasteiger partial charge in [-0.1, -0.05) is 17.7 Å². The summed E-state index contributed by atoms with van der Waals surface area (Å²) in [5.41, 5.74) is 7.79. The average Bonchev–Trinajstić information content (AvgIpc) is 3.33. The molecule has 1 unspecified atom stereocenters. The Kier molecular flexibility index (Phi) is 3.67. The first kappa shape index (κ1) is 15.1. The first-order chi connectivity index (χ1) is 11.6. The number of hydrogen-bond donors (Lipinski definition) is 1. The zero-order valence-electron chi connectivity index (χ0n) is 13.7. The zero-order valence-corrected chi connectivity index (χ0v) is 13.7. The van der Waals surface area contributed by atoms with Crippen LogP contribution in [0.3, 0.4) is 0 Å². The molecule has 126 valence electrons. The molecule has 6 heteroatoms. The molecule has 0 saturated heterocycles. The number of hydrogen-bond acceptors (Lipinski definition) is 5. The molecule has 4 rings (SSSR count). The van der Waals surface area contributed by atoms with Crippen molar-refractivity contribution in [3.8, 4) is 5.75 Å². The number of aromatic nitrogens is 1. The molecule has 2 aromatic rings. The molecule has 1 aliphatic heterocycles. The number of nitrogens with zero attached hydrogens (tertiary/aromatic N) is 2. The van der Waals surface area contributed by atoms with Crippen LogP contribution in [0.4, 0.5) is 6.01 Å². The van der Waals surface area contributed by atoms with E-state index in [1.165, 1.54) is 6.20 Å². The predicted octanol–water partition coefficient (Wildman–Crippen LogP) is 3.08. The Balaban J connectivity index is 1.74. The quantitative estimate of drug-likeness (QED) is 0.937. The van der Waals surface area contributed by atoms with E-state index in [9.17, 15) is 4.79 Å². The van der Waals surface area contributed by atoms with Gasteiger partial charge in [0.1, 0.15) is 5.75 Å². The van der Waals surface area contributed by atoms with Gasteiger partial charge in [0.2, 0.25) is 5.76 Å². The van der Waals surface area contributed by atoms with E-state index in [2.05, 4.69) is 18.0 Å². The van der Waals surface area contributed by atoms with Crippen molar-refractivity contribution in [1.29, 1.82) is 0 Å². The molecule has 24 heavy (non-hydrogen) atoms. The molecule has 0 spiro atoms. The Morgan fingerprint density at radius 1 is 1.33 bits per heavy atom. The second-order valence-corrected chi connectivity index (χ2v) is 6.55. The van der Waals surface area contributed by atoms with Crippen LogP contribution in [0.15, 0.2) is 28.8 Å². The summed E-state index contributed by atoms with van der Waals surface area (Å²) in [5.74, 6) is 0.943. The van der Waals surface area contributed by atoms with E-state index in [0.29, 0.717) is 6.61 Å². The Hall–Kier alpha value is -2.50. The number of nitrogens with two attached hydrogens (primary N) is 1. The highest BCUT2D eigenvalue weighted by molar-refractivity contribution is 5.92. The van der Waals surface area contributed by atoms with Crippen LogP contribution in [0, 0.1) is 6.92 Å². The summed E-state index contributed by atoms with van der Waals surface area (Å²) in [4.78, 5) is 18.9. The number of fused-ring (bicyclic) bond motifs is 1. The van der Waals surface area contributed by atoms with Crippen LogP contribution in [-0.2, 0) is 0 Å². The third kappa shape index (κ3) is 2.72. The minimum atomic E-state index is -0.138. The lowest BCUT2D eigenvalue weighted by molar-refractivity contribution is 0.0616. The van der Waals surface area contributed by atoms with Gasteiger partial charge in [0, 0.05) is 11.6 Å². The van der Waals surface area contributed by atoms with Crippen LogP contribution in [0.5, 0.6) is 5.75 Å². The molecular weight excluding hydrogens is 306 g/mol. The van der Waals surface area contributed by atoms with Crippen molar-refractivity contribution in [3.05, 3.63) is 41.3 Å². The third-order valence-corrected chi connectivity index (χ3v) is 4.65. The smallest absolute Gasteiger partial charge is 0.292 e. The predicted molar refractivity (Wildman–Crippen MR) is 88.8 cm³/mol. The maximum Gasteiger partial charge on any atom is 0.292 e. The normalized spacial score (nSPS) is 20.0. The van der Waals surface area contributed by atoms with Gasteiger partial charge in [0.25, 0.3) is 11.9 Å². The number of carbonyl (C=O) groups excluding carboxylic acids is 1. The third-order valence-electron chi connectivity index (χ3n) is 4.65. The molecule has 1 amide bonds. The molecule has 6 nitrogen and oxygen atoms in total. The van der Waals surface area contributed by atoms with Gasteiger partial charge in [0.15, 0.2) is 0 Å². The van der Waals surface area contributed by atoms with E-state index >= 15 is 0 Å². The van der Waals surface area contributed by atoms with Crippen LogP contribution in [-0.4, -0.2) is 28.4 Å². The molecule has 2 heterocycles. The monoisotopic (exact) mass is 327 g/mol. The summed E-state index contributed by atoms with van der Waals surface area (Å²) < 4.78 is 11.2. The number of benzene rings is 1. The average molecular weight is 327 g/mol. The van der Waals surface area contributed by atoms with Crippen molar-refractivity contribution in [1.82, 2.24) is 9.88 Å². The summed E-state index contributed by atoms with van der Waals surface area (Å²) in [7, 11) is 0. The van der Waals surface area contributed by atoms with E-state index < -0.39 is 0 Å². The van der Waals surface area contributed by atoms with Crippen LogP contribution >= 0.6 is 0 Å². The number of ether oxygens (including phenoxy) is 1. The van der Waals surface area contributed by atoms with Crippen molar-refractivity contribution >= 4 is 11.9 Å². The van der Waals surface area contributed by atoms with Crippen molar-refractivity contribution in [2.24, 2.45) is 0 Å². The van der Waals surface area contributed by atoms with Gasteiger partial charge < -0.3 is 19.8 Å². The molecule has 1 atom stereocenters. The second kappa shape index (κ2) is 5.85. The standard InChI is InChI=1S/C18H21N3O3/c1-11-4-7-15-13(9-11)14(3-2-8-23-15)21(12-5-6-12)17(22)16-10-20-18(19)24-16/h4,7,9-10,12,14H,2-3,5-6,8H2,1H3,(H2,19,20). The molecular formula is C18H21N3O3. The SMILES string of the molecule is Cc1ccc2c(c1)C(N(C(=O)c1cnc(N)o1)C1CC1)CCCO2. The summed E-state index contributed by atoms with van der Waals surface area (Å²) >= 11 is 0. The molecule has 0 radical (unpaired) electrons. The van der Waals surface area contributed by atoms with Crippen LogP contribution in [0.1, 0.15) is 53.4 Å². The van der Waals surface area contributed by atoms with Crippen molar-refractivity contribution in [2.45, 2.75) is 44.7 Å². The number of oxazole rings is 1. The number of aryl methyl sites for hydroxylation is 1. The lowest BCUT2D eigenvalue weighted by Gasteiger charge is -2.31. The largest absolute Gasteiger partial charge is 0.493 e. The van der Waals surface area contributed by atoms with E-state index in [0.717, 1.165) is 42.6 Å². The second-order valence-electron chi connectivity index (χ2n) is 6.55. The molecule has 1 aliphatic carbocycles. The fourth-order valence-electron chi connectivity index (χ4n) is 3.39. The number of rotatable bonds is 3. The van der Waals surface area contributed by atoms with Gasteiger partial charge in [-0.15, -0.1) is 0 Å². The van der Waals surface area contributed by atoms with E-state index in [1.54, 1.807) is 0 Å². The van der Waals surface area contributed by atoms with E-state index in [4.69, 9.17) is 14.9 Å². The molecule has 1 aromatic carbocycles. The molecule has 1 saturated carbocycles. The number of anilines is 1. The van der Waals surface area contributed by atoms with Crippen molar-refractivity contribution in [2.75, 3.05) is 12.3 Å². The van der Waals surface area contributed by atoms with Crippen molar-refractivity contribution in [3.63, 3.8) is 0 Å². The maximum atomic E-state index is 13.0. The Morgan fingerprint density at radius 3 is 2.88 bits per heavy atom. The Morgan fingerprint density at radius 2 is 2.17 bits per heavy atom.